The molecular weight excluding hydrogens is 284 g/mol. The van der Waals surface area contributed by atoms with Crippen molar-refractivity contribution < 1.29 is 8.42 Å². The van der Waals surface area contributed by atoms with E-state index in [4.69, 9.17) is 5.26 Å². The smallest absolute Gasteiger partial charge is 0.208 e. The van der Waals surface area contributed by atoms with Crippen LogP contribution in [0.1, 0.15) is 57.1 Å². The molecule has 1 N–H and O–H groups in total. The molecule has 0 radical (unpaired) electrons. The molecule has 1 unspecified atom stereocenters. The summed E-state index contributed by atoms with van der Waals surface area (Å²) in [5, 5.41) is 8.83. The van der Waals surface area contributed by atoms with Gasteiger partial charge in [0.05, 0.1) is 16.5 Å². The average molecular weight is 308 g/mol. The number of rotatable bonds is 8. The van der Waals surface area contributed by atoms with Gasteiger partial charge in [-0.25, -0.2) is 13.1 Å². The van der Waals surface area contributed by atoms with E-state index < -0.39 is 10.0 Å². The van der Waals surface area contributed by atoms with Crippen LogP contribution in [0.25, 0.3) is 0 Å². The summed E-state index contributed by atoms with van der Waals surface area (Å²) in [4.78, 5) is 0.252. The number of nitriles is 1. The maximum Gasteiger partial charge on any atom is 0.241 e. The standard InChI is InChI=1S/C16H24N2O2S/c1-4-5-6-7-8-14(3)18-21(19,20)16-10-9-15(12-17)11-13(16)2/h9-11,14,18H,4-8H2,1-3H3. The van der Waals surface area contributed by atoms with E-state index in [-0.39, 0.29) is 10.9 Å². The Kier molecular flexibility index (Phi) is 6.86. The topological polar surface area (TPSA) is 70.0 Å². The van der Waals surface area contributed by atoms with E-state index in [0.29, 0.717) is 11.1 Å². The molecule has 0 bridgehead atoms. The Hall–Kier alpha value is -1.38. The molecule has 0 aliphatic rings. The van der Waals surface area contributed by atoms with Crippen LogP contribution in [0.5, 0.6) is 0 Å². The number of hydrogen-bond donors (Lipinski definition) is 1. The van der Waals surface area contributed by atoms with Crippen LogP contribution in [-0.2, 0) is 10.0 Å². The summed E-state index contributed by atoms with van der Waals surface area (Å²) in [6.45, 7) is 5.75. The Labute approximate surface area is 128 Å². The van der Waals surface area contributed by atoms with Gasteiger partial charge in [-0.15, -0.1) is 0 Å². The Morgan fingerprint density at radius 2 is 2.00 bits per heavy atom. The van der Waals surface area contributed by atoms with E-state index >= 15 is 0 Å². The third-order valence-corrected chi connectivity index (χ3v) is 5.19. The lowest BCUT2D eigenvalue weighted by atomic mass is 10.1. The van der Waals surface area contributed by atoms with E-state index in [0.717, 1.165) is 19.3 Å². The van der Waals surface area contributed by atoms with Gasteiger partial charge in [-0.3, -0.25) is 0 Å². The van der Waals surface area contributed by atoms with Gasteiger partial charge in [-0.1, -0.05) is 32.6 Å². The maximum absolute atomic E-state index is 12.4. The van der Waals surface area contributed by atoms with Crippen LogP contribution in [0, 0.1) is 18.3 Å². The summed E-state index contributed by atoms with van der Waals surface area (Å²) < 4.78 is 27.4. The van der Waals surface area contributed by atoms with Crippen molar-refractivity contribution in [3.63, 3.8) is 0 Å². The van der Waals surface area contributed by atoms with Gasteiger partial charge < -0.3 is 0 Å². The molecule has 0 saturated carbocycles. The van der Waals surface area contributed by atoms with Crippen LogP contribution in [0.2, 0.25) is 0 Å². The quantitative estimate of drug-likeness (QED) is 0.747. The van der Waals surface area contributed by atoms with Gasteiger partial charge in [-0.05, 0) is 44.0 Å². The third-order valence-electron chi connectivity index (χ3n) is 3.44. The SMILES string of the molecule is CCCCCCC(C)NS(=O)(=O)c1ccc(C#N)cc1C. The first-order valence-corrected chi connectivity index (χ1v) is 8.92. The normalized spacial score (nSPS) is 12.9. The molecule has 0 heterocycles. The largest absolute Gasteiger partial charge is 0.241 e. The molecule has 0 aromatic heterocycles. The van der Waals surface area contributed by atoms with Crippen molar-refractivity contribution in [1.82, 2.24) is 4.72 Å². The van der Waals surface area contributed by atoms with Gasteiger partial charge in [0.25, 0.3) is 0 Å². The van der Waals surface area contributed by atoms with Gasteiger partial charge in [0, 0.05) is 6.04 Å². The second-order valence-corrected chi connectivity index (χ2v) is 7.15. The Bertz CT molecular complexity index is 603. The van der Waals surface area contributed by atoms with Crippen LogP contribution in [0.4, 0.5) is 0 Å². The summed E-state index contributed by atoms with van der Waals surface area (Å²) in [5.74, 6) is 0. The lowest BCUT2D eigenvalue weighted by Gasteiger charge is -2.15. The van der Waals surface area contributed by atoms with Crippen LogP contribution in [-0.4, -0.2) is 14.5 Å². The lowest BCUT2D eigenvalue weighted by Crippen LogP contribution is -2.33. The van der Waals surface area contributed by atoms with Crippen LogP contribution in [0.15, 0.2) is 23.1 Å². The molecule has 1 aromatic rings. The molecule has 5 heteroatoms. The molecule has 0 amide bonds. The molecule has 0 aliphatic carbocycles. The molecule has 1 aromatic carbocycles. The van der Waals surface area contributed by atoms with E-state index in [1.807, 2.05) is 13.0 Å². The molecule has 21 heavy (non-hydrogen) atoms. The van der Waals surface area contributed by atoms with Crippen LogP contribution in [0.3, 0.4) is 0 Å². The Balaban J connectivity index is 2.71. The molecule has 1 rings (SSSR count). The fourth-order valence-corrected chi connectivity index (χ4v) is 3.79. The minimum absolute atomic E-state index is 0.0816. The number of aryl methyl sites for hydroxylation is 1. The molecule has 4 nitrogen and oxygen atoms in total. The molecule has 0 aliphatic heterocycles. The molecule has 1 atom stereocenters. The van der Waals surface area contributed by atoms with Crippen molar-refractivity contribution in [2.75, 3.05) is 0 Å². The first kappa shape index (κ1) is 17.7. The van der Waals surface area contributed by atoms with Gasteiger partial charge in [-0.2, -0.15) is 5.26 Å². The second kappa shape index (κ2) is 8.16. The Morgan fingerprint density at radius 1 is 1.29 bits per heavy atom. The highest BCUT2D eigenvalue weighted by molar-refractivity contribution is 7.89. The van der Waals surface area contributed by atoms with Gasteiger partial charge in [0.1, 0.15) is 0 Å². The highest BCUT2D eigenvalue weighted by Crippen LogP contribution is 2.17. The molecule has 0 fully saturated rings. The molecule has 0 spiro atoms. The number of hydrogen-bond acceptors (Lipinski definition) is 3. The molecule has 0 saturated heterocycles. The van der Waals surface area contributed by atoms with Gasteiger partial charge in [0.2, 0.25) is 10.0 Å². The van der Waals surface area contributed by atoms with E-state index in [1.54, 1.807) is 13.0 Å². The summed E-state index contributed by atoms with van der Waals surface area (Å²) in [6, 6.07) is 6.56. The number of sulfonamides is 1. The second-order valence-electron chi connectivity index (χ2n) is 5.46. The lowest BCUT2D eigenvalue weighted by molar-refractivity contribution is 0.521. The highest BCUT2D eigenvalue weighted by atomic mass is 32.2. The summed E-state index contributed by atoms with van der Waals surface area (Å²) in [5.41, 5.74) is 1.07. The maximum atomic E-state index is 12.4. The van der Waals surface area contributed by atoms with Crippen molar-refractivity contribution in [2.24, 2.45) is 0 Å². The fraction of sp³-hybridized carbons (Fsp3) is 0.562. The third kappa shape index (κ3) is 5.49. The minimum atomic E-state index is -3.52. The monoisotopic (exact) mass is 308 g/mol. The number of benzene rings is 1. The fourth-order valence-electron chi connectivity index (χ4n) is 2.29. The summed E-state index contributed by atoms with van der Waals surface area (Å²) in [6.07, 6.45) is 5.37. The predicted molar refractivity (Wildman–Crippen MR) is 84.4 cm³/mol. The number of nitrogens with one attached hydrogen (secondary N) is 1. The van der Waals surface area contributed by atoms with E-state index in [1.165, 1.54) is 25.0 Å². The Morgan fingerprint density at radius 3 is 2.57 bits per heavy atom. The number of nitrogens with zero attached hydrogens (tertiary/aromatic N) is 1. The predicted octanol–water partition coefficient (Wildman–Crippen LogP) is 3.50. The van der Waals surface area contributed by atoms with E-state index in [9.17, 15) is 8.42 Å². The van der Waals surface area contributed by atoms with Crippen molar-refractivity contribution >= 4 is 10.0 Å². The first-order chi connectivity index (χ1) is 9.90. The zero-order chi connectivity index (χ0) is 15.9. The molecular formula is C16H24N2O2S. The van der Waals surface area contributed by atoms with E-state index in [2.05, 4.69) is 11.6 Å². The van der Waals surface area contributed by atoms with Crippen molar-refractivity contribution in [3.05, 3.63) is 29.3 Å². The minimum Gasteiger partial charge on any atom is -0.208 e. The zero-order valence-electron chi connectivity index (χ0n) is 13.0. The summed E-state index contributed by atoms with van der Waals surface area (Å²) >= 11 is 0. The van der Waals surface area contributed by atoms with Crippen LogP contribution >= 0.6 is 0 Å². The van der Waals surface area contributed by atoms with Crippen LogP contribution < -0.4 is 4.72 Å². The van der Waals surface area contributed by atoms with Crippen molar-refractivity contribution in [3.8, 4) is 6.07 Å². The summed E-state index contributed by atoms with van der Waals surface area (Å²) in [7, 11) is -3.52. The average Bonchev–Trinajstić information content (AvgIpc) is 2.42. The zero-order valence-corrected chi connectivity index (χ0v) is 13.8. The highest BCUT2D eigenvalue weighted by Gasteiger charge is 2.19. The van der Waals surface area contributed by atoms with Crippen molar-refractivity contribution in [1.29, 1.82) is 5.26 Å². The van der Waals surface area contributed by atoms with Crippen molar-refractivity contribution in [2.45, 2.75) is 63.8 Å². The van der Waals surface area contributed by atoms with Gasteiger partial charge in [0.15, 0.2) is 0 Å². The van der Waals surface area contributed by atoms with Gasteiger partial charge >= 0.3 is 0 Å². The molecule has 116 valence electrons. The first-order valence-electron chi connectivity index (χ1n) is 7.43. The number of unbranched alkanes of at least 4 members (excludes halogenated alkanes) is 3.